The predicted octanol–water partition coefficient (Wildman–Crippen LogP) is 2.67. The minimum Gasteiger partial charge on any atom is -0.379 e. The third kappa shape index (κ3) is 5.11. The number of H-pyrrole nitrogens is 1. The second kappa shape index (κ2) is 8.89. The number of thiocarbonyl (C=S) groups is 1. The Kier molecular flexibility index (Phi) is 6.33. The van der Waals surface area contributed by atoms with Crippen molar-refractivity contribution in [3.05, 3.63) is 42.5 Å². The third-order valence-corrected chi connectivity index (χ3v) is 4.90. The Morgan fingerprint density at radius 1 is 1.19 bits per heavy atom. The fourth-order valence-corrected chi connectivity index (χ4v) is 3.21. The van der Waals surface area contributed by atoms with Crippen LogP contribution in [0, 0.1) is 5.92 Å². The fraction of sp³-hybridized carbons (Fsp3) is 0.474. The highest BCUT2D eigenvalue weighted by molar-refractivity contribution is 7.80. The van der Waals surface area contributed by atoms with Crippen molar-refractivity contribution in [2.45, 2.75) is 20.4 Å². The van der Waals surface area contributed by atoms with E-state index in [0.717, 1.165) is 55.8 Å². The summed E-state index contributed by atoms with van der Waals surface area (Å²) >= 11 is 5.51. The molecule has 1 aliphatic rings. The standard InChI is InChI=1S/C19H28N6S/c1-15(2)11-22-19(26)25-9-7-24(8-10-25)18-5-3-16(4-6-18)21-13-17-12-20-14-23-17/h3-6,12,14-15,21H,7-11,13H2,1-2H3,(H,20,23)(H,22,26). The maximum Gasteiger partial charge on any atom is 0.169 e. The second-order valence-corrected chi connectivity index (χ2v) is 7.42. The third-order valence-electron chi connectivity index (χ3n) is 4.50. The number of hydrogen-bond donors (Lipinski definition) is 3. The minimum atomic E-state index is 0.606. The second-order valence-electron chi connectivity index (χ2n) is 7.03. The zero-order valence-electron chi connectivity index (χ0n) is 15.5. The lowest BCUT2D eigenvalue weighted by atomic mass is 10.2. The van der Waals surface area contributed by atoms with Crippen molar-refractivity contribution in [1.29, 1.82) is 0 Å². The Morgan fingerprint density at radius 2 is 1.92 bits per heavy atom. The molecule has 26 heavy (non-hydrogen) atoms. The topological polar surface area (TPSA) is 59.2 Å². The average Bonchev–Trinajstić information content (AvgIpc) is 3.18. The average molecular weight is 373 g/mol. The van der Waals surface area contributed by atoms with Gasteiger partial charge in [-0.2, -0.15) is 0 Å². The number of piperazine rings is 1. The van der Waals surface area contributed by atoms with Gasteiger partial charge in [0.25, 0.3) is 0 Å². The van der Waals surface area contributed by atoms with Crippen LogP contribution in [0.1, 0.15) is 19.5 Å². The van der Waals surface area contributed by atoms with Crippen LogP contribution in [-0.4, -0.2) is 52.7 Å². The molecule has 0 bridgehead atoms. The van der Waals surface area contributed by atoms with Gasteiger partial charge >= 0.3 is 0 Å². The van der Waals surface area contributed by atoms with Crippen molar-refractivity contribution in [2.75, 3.05) is 42.9 Å². The molecule has 1 saturated heterocycles. The van der Waals surface area contributed by atoms with Gasteiger partial charge < -0.3 is 25.4 Å². The highest BCUT2D eigenvalue weighted by Crippen LogP contribution is 2.20. The first kappa shape index (κ1) is 18.5. The zero-order chi connectivity index (χ0) is 18.4. The molecule has 2 heterocycles. The molecular formula is C19H28N6S. The Hall–Kier alpha value is -2.28. The molecule has 3 rings (SSSR count). The summed E-state index contributed by atoms with van der Waals surface area (Å²) in [5.41, 5.74) is 3.45. The van der Waals surface area contributed by atoms with Gasteiger partial charge in [0.1, 0.15) is 0 Å². The lowest BCUT2D eigenvalue weighted by Crippen LogP contribution is -2.52. The molecule has 0 unspecified atom stereocenters. The van der Waals surface area contributed by atoms with Gasteiger partial charge in [-0.25, -0.2) is 4.98 Å². The van der Waals surface area contributed by atoms with Gasteiger partial charge in [-0.15, -0.1) is 0 Å². The number of benzene rings is 1. The number of nitrogens with zero attached hydrogens (tertiary/aromatic N) is 3. The van der Waals surface area contributed by atoms with E-state index in [0.29, 0.717) is 5.92 Å². The van der Waals surface area contributed by atoms with Crippen LogP contribution >= 0.6 is 12.2 Å². The molecule has 0 atom stereocenters. The van der Waals surface area contributed by atoms with Crippen LogP contribution in [-0.2, 0) is 6.54 Å². The summed E-state index contributed by atoms with van der Waals surface area (Å²) in [4.78, 5) is 11.8. The van der Waals surface area contributed by atoms with E-state index in [2.05, 4.69) is 68.5 Å². The highest BCUT2D eigenvalue weighted by atomic mass is 32.1. The van der Waals surface area contributed by atoms with Crippen LogP contribution in [0.3, 0.4) is 0 Å². The molecule has 1 fully saturated rings. The number of hydrogen-bond acceptors (Lipinski definition) is 4. The van der Waals surface area contributed by atoms with Crippen LogP contribution < -0.4 is 15.5 Å². The Balaban J connectivity index is 1.46. The molecule has 6 nitrogen and oxygen atoms in total. The molecule has 140 valence electrons. The number of nitrogens with one attached hydrogen (secondary N) is 3. The van der Waals surface area contributed by atoms with Gasteiger partial charge in [0.2, 0.25) is 0 Å². The lowest BCUT2D eigenvalue weighted by molar-refractivity contribution is 0.378. The minimum absolute atomic E-state index is 0.606. The normalized spacial score (nSPS) is 14.6. The number of aromatic amines is 1. The van der Waals surface area contributed by atoms with Crippen LogP contribution in [0.4, 0.5) is 11.4 Å². The molecule has 1 aromatic heterocycles. The molecule has 0 spiro atoms. The first-order valence-corrected chi connectivity index (χ1v) is 9.61. The van der Waals surface area contributed by atoms with Gasteiger partial charge in [0.05, 0.1) is 18.6 Å². The molecule has 0 saturated carbocycles. The molecular weight excluding hydrogens is 344 g/mol. The quantitative estimate of drug-likeness (QED) is 0.678. The number of rotatable bonds is 6. The van der Waals surface area contributed by atoms with E-state index < -0.39 is 0 Å². The van der Waals surface area contributed by atoms with Crippen molar-refractivity contribution in [3.8, 4) is 0 Å². The number of anilines is 2. The van der Waals surface area contributed by atoms with Crippen LogP contribution in [0.5, 0.6) is 0 Å². The number of aromatic nitrogens is 2. The van der Waals surface area contributed by atoms with Crippen molar-refractivity contribution < 1.29 is 0 Å². The SMILES string of the molecule is CC(C)CNC(=S)N1CCN(c2ccc(NCc3cnc[nH]3)cc2)CC1. The maximum atomic E-state index is 5.51. The largest absolute Gasteiger partial charge is 0.379 e. The summed E-state index contributed by atoms with van der Waals surface area (Å²) in [5, 5.41) is 7.65. The van der Waals surface area contributed by atoms with Gasteiger partial charge in [-0.3, -0.25) is 0 Å². The van der Waals surface area contributed by atoms with Crippen molar-refractivity contribution >= 4 is 28.7 Å². The summed E-state index contributed by atoms with van der Waals surface area (Å²) in [6.45, 7) is 9.98. The molecule has 0 radical (unpaired) electrons. The van der Waals surface area contributed by atoms with Crippen molar-refractivity contribution in [3.63, 3.8) is 0 Å². The monoisotopic (exact) mass is 372 g/mol. The van der Waals surface area contributed by atoms with Gasteiger partial charge in [0, 0.05) is 50.3 Å². The molecule has 2 aromatic rings. The highest BCUT2D eigenvalue weighted by Gasteiger charge is 2.19. The zero-order valence-corrected chi connectivity index (χ0v) is 16.4. The predicted molar refractivity (Wildman–Crippen MR) is 112 cm³/mol. The molecule has 3 N–H and O–H groups in total. The summed E-state index contributed by atoms with van der Waals surface area (Å²) < 4.78 is 0. The summed E-state index contributed by atoms with van der Waals surface area (Å²) in [6, 6.07) is 8.63. The van der Waals surface area contributed by atoms with Crippen LogP contribution in [0.15, 0.2) is 36.8 Å². The van der Waals surface area contributed by atoms with E-state index in [-0.39, 0.29) is 0 Å². The fourth-order valence-electron chi connectivity index (χ4n) is 2.94. The molecule has 1 aromatic carbocycles. The van der Waals surface area contributed by atoms with Gasteiger partial charge in [-0.05, 0) is 42.4 Å². The Morgan fingerprint density at radius 3 is 2.54 bits per heavy atom. The van der Waals surface area contributed by atoms with Crippen molar-refractivity contribution in [1.82, 2.24) is 20.2 Å². The molecule has 7 heteroatoms. The van der Waals surface area contributed by atoms with E-state index in [4.69, 9.17) is 12.2 Å². The first-order chi connectivity index (χ1) is 12.6. The van der Waals surface area contributed by atoms with Gasteiger partial charge in [0.15, 0.2) is 5.11 Å². The maximum absolute atomic E-state index is 5.51. The van der Waals surface area contributed by atoms with E-state index in [1.807, 2.05) is 6.20 Å². The summed E-state index contributed by atoms with van der Waals surface area (Å²) in [7, 11) is 0. The van der Waals surface area contributed by atoms with E-state index in [9.17, 15) is 0 Å². The smallest absolute Gasteiger partial charge is 0.169 e. The first-order valence-electron chi connectivity index (χ1n) is 9.20. The van der Waals surface area contributed by atoms with Crippen LogP contribution in [0.2, 0.25) is 0 Å². The lowest BCUT2D eigenvalue weighted by Gasteiger charge is -2.37. The van der Waals surface area contributed by atoms with Gasteiger partial charge in [-0.1, -0.05) is 13.8 Å². The Bertz CT molecular complexity index is 675. The Labute approximate surface area is 161 Å². The van der Waals surface area contributed by atoms with E-state index in [1.54, 1.807) is 6.33 Å². The van der Waals surface area contributed by atoms with Crippen LogP contribution in [0.25, 0.3) is 0 Å². The van der Waals surface area contributed by atoms with E-state index >= 15 is 0 Å². The van der Waals surface area contributed by atoms with Crippen molar-refractivity contribution in [2.24, 2.45) is 5.92 Å². The summed E-state index contributed by atoms with van der Waals surface area (Å²) in [5.74, 6) is 0.606. The molecule has 1 aliphatic heterocycles. The summed E-state index contributed by atoms with van der Waals surface area (Å²) in [6.07, 6.45) is 3.53. The molecule has 0 aliphatic carbocycles. The number of imidazole rings is 1. The molecule has 0 amide bonds. The van der Waals surface area contributed by atoms with E-state index in [1.165, 1.54) is 5.69 Å².